The molecule has 1 aromatic heterocycles. The minimum atomic E-state index is -1.13. The number of benzene rings is 1. The average Bonchev–Trinajstić information content (AvgIpc) is 3.08. The van der Waals surface area contributed by atoms with Gasteiger partial charge in [-0.05, 0) is 64.0 Å². The van der Waals surface area contributed by atoms with Crippen LogP contribution in [0.5, 0.6) is 0 Å². The van der Waals surface area contributed by atoms with E-state index in [-0.39, 0.29) is 0 Å². The Morgan fingerprint density at radius 3 is 2.59 bits per heavy atom. The lowest BCUT2D eigenvalue weighted by atomic mass is 9.82. The SMILES string of the molecule is Cc1oc(-c2ccccc2)nc1COCC1CCCC(COC(C)(C)C(=O)O)C1. The second-order valence-corrected chi connectivity index (χ2v) is 8.43. The van der Waals surface area contributed by atoms with Crippen molar-refractivity contribution in [2.45, 2.75) is 58.7 Å². The number of nitrogens with zero attached hydrogens (tertiary/aromatic N) is 1. The minimum Gasteiger partial charge on any atom is -0.479 e. The monoisotopic (exact) mass is 401 g/mol. The minimum absolute atomic E-state index is 0.384. The molecule has 1 aliphatic carbocycles. The Balaban J connectivity index is 1.46. The number of carbonyl (C=O) groups is 1. The van der Waals surface area contributed by atoms with Crippen molar-refractivity contribution in [1.82, 2.24) is 4.98 Å². The molecule has 0 aliphatic heterocycles. The van der Waals surface area contributed by atoms with Crippen LogP contribution < -0.4 is 0 Å². The van der Waals surface area contributed by atoms with Gasteiger partial charge in [0.25, 0.3) is 0 Å². The maximum Gasteiger partial charge on any atom is 0.335 e. The number of carboxylic acid groups (broad SMARTS) is 1. The molecule has 6 nitrogen and oxygen atoms in total. The Morgan fingerprint density at radius 2 is 1.90 bits per heavy atom. The van der Waals surface area contributed by atoms with Crippen LogP contribution in [0.25, 0.3) is 11.5 Å². The standard InChI is InChI=1S/C23H31NO5/c1-16-20(24-21(29-16)19-10-5-4-6-11-19)15-27-13-17-8-7-9-18(12-17)14-28-23(2,3)22(25)26/h4-6,10-11,17-18H,7-9,12-15H2,1-3H3,(H,25,26). The summed E-state index contributed by atoms with van der Waals surface area (Å²) < 4.78 is 17.4. The highest BCUT2D eigenvalue weighted by Crippen LogP contribution is 2.31. The number of oxazole rings is 1. The molecule has 1 saturated carbocycles. The third kappa shape index (κ3) is 5.90. The van der Waals surface area contributed by atoms with E-state index in [1.807, 2.05) is 37.3 Å². The molecular formula is C23H31NO5. The largest absolute Gasteiger partial charge is 0.479 e. The maximum absolute atomic E-state index is 11.2. The van der Waals surface area contributed by atoms with Gasteiger partial charge in [0.2, 0.25) is 5.89 Å². The van der Waals surface area contributed by atoms with Gasteiger partial charge in [-0.25, -0.2) is 9.78 Å². The number of hydrogen-bond acceptors (Lipinski definition) is 5. The molecule has 158 valence electrons. The van der Waals surface area contributed by atoms with Gasteiger partial charge in [-0.1, -0.05) is 24.6 Å². The lowest BCUT2D eigenvalue weighted by molar-refractivity contribution is -0.163. The van der Waals surface area contributed by atoms with Crippen LogP contribution in [0, 0.1) is 18.8 Å². The van der Waals surface area contributed by atoms with E-state index in [9.17, 15) is 9.90 Å². The molecular weight excluding hydrogens is 370 g/mol. The molecule has 1 aromatic carbocycles. The molecule has 0 spiro atoms. The zero-order valence-corrected chi connectivity index (χ0v) is 17.5. The zero-order valence-electron chi connectivity index (χ0n) is 17.5. The number of aromatic nitrogens is 1. The highest BCUT2D eigenvalue weighted by atomic mass is 16.5. The zero-order chi connectivity index (χ0) is 20.9. The highest BCUT2D eigenvalue weighted by Gasteiger charge is 2.30. The quantitative estimate of drug-likeness (QED) is 0.647. The molecule has 3 rings (SSSR count). The lowest BCUT2D eigenvalue weighted by Crippen LogP contribution is -2.37. The normalized spacial score (nSPS) is 20.0. The summed E-state index contributed by atoms with van der Waals surface area (Å²) in [5.41, 5.74) is 0.661. The van der Waals surface area contributed by atoms with E-state index in [4.69, 9.17) is 13.9 Å². The summed E-state index contributed by atoms with van der Waals surface area (Å²) >= 11 is 0. The number of rotatable bonds is 9. The summed E-state index contributed by atoms with van der Waals surface area (Å²) in [6, 6.07) is 9.85. The first-order chi connectivity index (χ1) is 13.8. The van der Waals surface area contributed by atoms with Gasteiger partial charge in [0, 0.05) is 12.2 Å². The van der Waals surface area contributed by atoms with E-state index in [1.165, 1.54) is 0 Å². The van der Waals surface area contributed by atoms with Gasteiger partial charge in [-0.15, -0.1) is 0 Å². The third-order valence-electron chi connectivity index (χ3n) is 5.59. The molecule has 0 radical (unpaired) electrons. The summed E-state index contributed by atoms with van der Waals surface area (Å²) in [4.78, 5) is 15.8. The Morgan fingerprint density at radius 1 is 1.21 bits per heavy atom. The summed E-state index contributed by atoms with van der Waals surface area (Å²) in [5, 5.41) is 9.19. The molecule has 2 unspecified atom stereocenters. The molecule has 0 bridgehead atoms. The van der Waals surface area contributed by atoms with Gasteiger partial charge in [0.1, 0.15) is 11.5 Å². The Bertz CT molecular complexity index is 799. The summed E-state index contributed by atoms with van der Waals surface area (Å²) in [5.74, 6) is 1.33. The molecule has 2 atom stereocenters. The number of aliphatic carboxylic acids is 1. The van der Waals surface area contributed by atoms with Crippen molar-refractivity contribution < 1.29 is 23.8 Å². The maximum atomic E-state index is 11.2. The molecule has 1 aliphatic rings. The van der Waals surface area contributed by atoms with Crippen LogP contribution in [-0.4, -0.2) is 34.9 Å². The van der Waals surface area contributed by atoms with E-state index < -0.39 is 11.6 Å². The fraction of sp³-hybridized carbons (Fsp3) is 0.565. The van der Waals surface area contributed by atoms with Gasteiger partial charge in [-0.2, -0.15) is 0 Å². The topological polar surface area (TPSA) is 81.8 Å². The van der Waals surface area contributed by atoms with E-state index in [1.54, 1.807) is 13.8 Å². The van der Waals surface area contributed by atoms with Crippen molar-refractivity contribution in [1.29, 1.82) is 0 Å². The van der Waals surface area contributed by atoms with Crippen LogP contribution >= 0.6 is 0 Å². The van der Waals surface area contributed by atoms with Crippen LogP contribution in [0.1, 0.15) is 51.0 Å². The Labute approximate surface area is 172 Å². The van der Waals surface area contributed by atoms with Crippen molar-refractivity contribution in [2.75, 3.05) is 13.2 Å². The van der Waals surface area contributed by atoms with E-state index in [0.29, 0.717) is 37.5 Å². The van der Waals surface area contributed by atoms with Crippen molar-refractivity contribution in [3.63, 3.8) is 0 Å². The third-order valence-corrected chi connectivity index (χ3v) is 5.59. The fourth-order valence-electron chi connectivity index (χ4n) is 3.68. The van der Waals surface area contributed by atoms with Crippen LogP contribution in [-0.2, 0) is 20.9 Å². The van der Waals surface area contributed by atoms with Gasteiger partial charge in [0.15, 0.2) is 5.60 Å². The van der Waals surface area contributed by atoms with Crippen LogP contribution in [0.3, 0.4) is 0 Å². The summed E-state index contributed by atoms with van der Waals surface area (Å²) in [6.45, 7) is 6.71. The fourth-order valence-corrected chi connectivity index (χ4v) is 3.68. The van der Waals surface area contributed by atoms with E-state index >= 15 is 0 Å². The number of ether oxygens (including phenoxy) is 2. The van der Waals surface area contributed by atoms with Gasteiger partial charge >= 0.3 is 5.97 Å². The Kier molecular flexibility index (Phi) is 7.09. The molecule has 2 aromatic rings. The second-order valence-electron chi connectivity index (χ2n) is 8.43. The Hall–Kier alpha value is -2.18. The van der Waals surface area contributed by atoms with Crippen LogP contribution in [0.15, 0.2) is 34.7 Å². The summed E-state index contributed by atoms with van der Waals surface area (Å²) in [6.07, 6.45) is 4.33. The van der Waals surface area contributed by atoms with Gasteiger partial charge in [-0.3, -0.25) is 0 Å². The molecule has 1 heterocycles. The number of aryl methyl sites for hydroxylation is 1. The predicted molar refractivity (Wildman–Crippen MR) is 109 cm³/mol. The van der Waals surface area contributed by atoms with Crippen molar-refractivity contribution in [2.24, 2.45) is 11.8 Å². The highest BCUT2D eigenvalue weighted by molar-refractivity contribution is 5.76. The van der Waals surface area contributed by atoms with E-state index in [0.717, 1.165) is 42.7 Å². The molecule has 1 N–H and O–H groups in total. The van der Waals surface area contributed by atoms with Gasteiger partial charge < -0.3 is 19.0 Å². The van der Waals surface area contributed by atoms with Crippen molar-refractivity contribution in [3.8, 4) is 11.5 Å². The first-order valence-electron chi connectivity index (χ1n) is 10.3. The van der Waals surface area contributed by atoms with E-state index in [2.05, 4.69) is 4.98 Å². The molecule has 0 saturated heterocycles. The number of hydrogen-bond donors (Lipinski definition) is 1. The lowest BCUT2D eigenvalue weighted by Gasteiger charge is -2.31. The van der Waals surface area contributed by atoms with Crippen LogP contribution in [0.2, 0.25) is 0 Å². The van der Waals surface area contributed by atoms with Crippen molar-refractivity contribution >= 4 is 5.97 Å². The number of carboxylic acids is 1. The first-order valence-corrected chi connectivity index (χ1v) is 10.3. The second kappa shape index (κ2) is 9.55. The predicted octanol–water partition coefficient (Wildman–Crippen LogP) is 4.85. The molecule has 6 heteroatoms. The smallest absolute Gasteiger partial charge is 0.335 e. The van der Waals surface area contributed by atoms with Crippen molar-refractivity contribution in [3.05, 3.63) is 41.8 Å². The first kappa shape index (κ1) is 21.5. The van der Waals surface area contributed by atoms with Gasteiger partial charge in [0.05, 0.1) is 13.2 Å². The summed E-state index contributed by atoms with van der Waals surface area (Å²) in [7, 11) is 0. The molecule has 0 amide bonds. The molecule has 29 heavy (non-hydrogen) atoms. The average molecular weight is 402 g/mol. The molecule has 1 fully saturated rings. The van der Waals surface area contributed by atoms with Crippen LogP contribution in [0.4, 0.5) is 0 Å².